The number of likely N-dealkylation sites (N-methyl/N-ethyl adjacent to an activating group) is 1. The van der Waals surface area contributed by atoms with Gasteiger partial charge in [0.15, 0.2) is 0 Å². The molecule has 0 N–H and O–H groups in total. The summed E-state index contributed by atoms with van der Waals surface area (Å²) in [6, 6.07) is 8.87. The number of carbonyl (C=O) groups excluding carboxylic acids is 1. The lowest BCUT2D eigenvalue weighted by Gasteiger charge is -2.31. The molecule has 120 valence electrons. The molecule has 1 fully saturated rings. The fourth-order valence-electron chi connectivity index (χ4n) is 3.06. The lowest BCUT2D eigenvalue weighted by atomic mass is 9.99. The van der Waals surface area contributed by atoms with Gasteiger partial charge in [-0.05, 0) is 44.6 Å². The molecule has 1 saturated carbocycles. The maximum atomic E-state index is 12.8. The van der Waals surface area contributed by atoms with E-state index in [0.29, 0.717) is 18.2 Å². The number of carbonyl (C=O) groups is 1. The van der Waals surface area contributed by atoms with Gasteiger partial charge in [-0.25, -0.2) is 4.98 Å². The van der Waals surface area contributed by atoms with E-state index < -0.39 is 0 Å². The molecule has 1 aromatic carbocycles. The molecule has 1 aliphatic carbocycles. The second kappa shape index (κ2) is 6.90. The van der Waals surface area contributed by atoms with E-state index in [0.717, 1.165) is 6.42 Å². The Morgan fingerprint density at radius 2 is 2.00 bits per heavy atom. The second-order valence-electron chi connectivity index (χ2n) is 6.28. The van der Waals surface area contributed by atoms with Gasteiger partial charge in [-0.15, -0.1) is 0 Å². The summed E-state index contributed by atoms with van der Waals surface area (Å²) < 4.78 is 0. The van der Waals surface area contributed by atoms with Crippen molar-refractivity contribution in [2.24, 2.45) is 5.92 Å². The van der Waals surface area contributed by atoms with Crippen molar-refractivity contribution < 1.29 is 4.79 Å². The van der Waals surface area contributed by atoms with Gasteiger partial charge in [-0.1, -0.05) is 29.8 Å². The van der Waals surface area contributed by atoms with E-state index in [2.05, 4.69) is 41.2 Å². The zero-order valence-corrected chi connectivity index (χ0v) is 13.8. The molecular formula is C19H23N3O. The first-order chi connectivity index (χ1) is 11.2. The van der Waals surface area contributed by atoms with Crippen LogP contribution in [0.4, 0.5) is 0 Å². The third-order valence-electron chi connectivity index (χ3n) is 4.52. The molecule has 3 rings (SSSR count). The summed E-state index contributed by atoms with van der Waals surface area (Å²) in [5, 5.41) is 0. The van der Waals surface area contributed by atoms with E-state index in [1.807, 2.05) is 11.8 Å². The molecule has 0 saturated heterocycles. The molecule has 0 unspecified atom stereocenters. The van der Waals surface area contributed by atoms with E-state index in [9.17, 15) is 4.79 Å². The zero-order valence-electron chi connectivity index (χ0n) is 13.8. The molecule has 1 aromatic heterocycles. The lowest BCUT2D eigenvalue weighted by Crippen LogP contribution is -2.43. The molecule has 0 radical (unpaired) electrons. The monoisotopic (exact) mass is 309 g/mol. The van der Waals surface area contributed by atoms with Crippen LogP contribution in [0.25, 0.3) is 0 Å². The van der Waals surface area contributed by atoms with Gasteiger partial charge in [-0.2, -0.15) is 0 Å². The largest absolute Gasteiger partial charge is 0.334 e. The summed E-state index contributed by atoms with van der Waals surface area (Å²) >= 11 is 0. The Morgan fingerprint density at radius 3 is 2.57 bits per heavy atom. The highest BCUT2D eigenvalue weighted by Crippen LogP contribution is 2.37. The minimum atomic E-state index is -0.00962. The molecule has 1 amide bonds. The number of aromatic nitrogens is 2. The summed E-state index contributed by atoms with van der Waals surface area (Å²) in [7, 11) is 0. The quantitative estimate of drug-likeness (QED) is 0.822. The fourth-order valence-corrected chi connectivity index (χ4v) is 3.06. The normalized spacial score (nSPS) is 15.2. The van der Waals surface area contributed by atoms with Crippen LogP contribution in [0.5, 0.6) is 0 Å². The fraction of sp³-hybridized carbons (Fsp3) is 0.421. The summed E-state index contributed by atoms with van der Waals surface area (Å²) in [6.07, 6.45) is 8.05. The topological polar surface area (TPSA) is 46.1 Å². The van der Waals surface area contributed by atoms with Crippen LogP contribution in [0.15, 0.2) is 42.9 Å². The summed E-state index contributed by atoms with van der Waals surface area (Å²) in [4.78, 5) is 23.0. The number of benzene rings is 1. The van der Waals surface area contributed by atoms with Crippen LogP contribution in [0.2, 0.25) is 0 Å². The first kappa shape index (κ1) is 15.7. The Hall–Kier alpha value is -2.23. The van der Waals surface area contributed by atoms with Crippen molar-refractivity contribution in [1.82, 2.24) is 14.9 Å². The summed E-state index contributed by atoms with van der Waals surface area (Å²) in [6.45, 7) is 4.83. The van der Waals surface area contributed by atoms with Crippen molar-refractivity contribution >= 4 is 5.91 Å². The number of hydrogen-bond donors (Lipinski definition) is 0. The van der Waals surface area contributed by atoms with Crippen LogP contribution in [0.3, 0.4) is 0 Å². The highest BCUT2D eigenvalue weighted by molar-refractivity contribution is 5.92. The standard InChI is InChI=1S/C19H23N3O/c1-3-22(19(23)17-13-20-10-11-21-17)18(16-8-9-16)12-15-6-4-14(2)5-7-15/h4-7,10-11,13,16,18H,3,8-9,12H2,1-2H3/t18-/m1/s1. The van der Waals surface area contributed by atoms with Gasteiger partial charge < -0.3 is 4.90 Å². The smallest absolute Gasteiger partial charge is 0.274 e. The van der Waals surface area contributed by atoms with E-state index in [1.165, 1.54) is 24.0 Å². The van der Waals surface area contributed by atoms with Crippen molar-refractivity contribution in [3.05, 3.63) is 59.7 Å². The van der Waals surface area contributed by atoms with Crippen molar-refractivity contribution in [3.63, 3.8) is 0 Å². The maximum Gasteiger partial charge on any atom is 0.274 e. The molecule has 23 heavy (non-hydrogen) atoms. The molecule has 1 aliphatic rings. The average molecular weight is 309 g/mol. The Bertz CT molecular complexity index is 650. The number of rotatable bonds is 6. The summed E-state index contributed by atoms with van der Waals surface area (Å²) in [5.41, 5.74) is 2.99. The van der Waals surface area contributed by atoms with Gasteiger partial charge in [0.25, 0.3) is 5.91 Å². The van der Waals surface area contributed by atoms with Gasteiger partial charge >= 0.3 is 0 Å². The van der Waals surface area contributed by atoms with Crippen molar-refractivity contribution in [2.45, 2.75) is 39.2 Å². The second-order valence-corrected chi connectivity index (χ2v) is 6.28. The third-order valence-corrected chi connectivity index (χ3v) is 4.52. The van der Waals surface area contributed by atoms with Crippen LogP contribution in [-0.4, -0.2) is 33.4 Å². The minimum absolute atomic E-state index is 0.00962. The van der Waals surface area contributed by atoms with E-state index in [4.69, 9.17) is 0 Å². The van der Waals surface area contributed by atoms with Crippen molar-refractivity contribution in [3.8, 4) is 0 Å². The third kappa shape index (κ3) is 3.76. The Labute approximate surface area is 137 Å². The minimum Gasteiger partial charge on any atom is -0.334 e. The predicted octanol–water partition coefficient (Wildman–Crippen LogP) is 3.27. The van der Waals surface area contributed by atoms with Crippen molar-refractivity contribution in [2.75, 3.05) is 6.54 Å². The Kier molecular flexibility index (Phi) is 4.70. The van der Waals surface area contributed by atoms with Gasteiger partial charge in [0.05, 0.1) is 6.20 Å². The SMILES string of the molecule is CCN(C(=O)c1cnccn1)[C@H](Cc1ccc(C)cc1)C1CC1. The van der Waals surface area contributed by atoms with E-state index in [-0.39, 0.29) is 11.9 Å². The van der Waals surface area contributed by atoms with Gasteiger partial charge in [-0.3, -0.25) is 9.78 Å². The van der Waals surface area contributed by atoms with Crippen LogP contribution < -0.4 is 0 Å². The molecule has 4 nitrogen and oxygen atoms in total. The molecule has 1 atom stereocenters. The highest BCUT2D eigenvalue weighted by atomic mass is 16.2. The van der Waals surface area contributed by atoms with Crippen molar-refractivity contribution in [1.29, 1.82) is 0 Å². The van der Waals surface area contributed by atoms with E-state index in [1.54, 1.807) is 18.6 Å². The van der Waals surface area contributed by atoms with Gasteiger partial charge in [0.1, 0.15) is 5.69 Å². The van der Waals surface area contributed by atoms with Crippen LogP contribution in [0.1, 0.15) is 41.4 Å². The number of hydrogen-bond acceptors (Lipinski definition) is 3. The molecule has 4 heteroatoms. The first-order valence-electron chi connectivity index (χ1n) is 8.31. The van der Waals surface area contributed by atoms with Crippen LogP contribution in [0, 0.1) is 12.8 Å². The highest BCUT2D eigenvalue weighted by Gasteiger charge is 2.37. The van der Waals surface area contributed by atoms with Gasteiger partial charge in [0, 0.05) is 25.0 Å². The average Bonchev–Trinajstić information content (AvgIpc) is 3.42. The Balaban J connectivity index is 1.80. The number of nitrogens with zero attached hydrogens (tertiary/aromatic N) is 3. The van der Waals surface area contributed by atoms with E-state index >= 15 is 0 Å². The summed E-state index contributed by atoms with van der Waals surface area (Å²) in [5.74, 6) is 0.599. The molecule has 1 heterocycles. The number of aryl methyl sites for hydroxylation is 1. The zero-order chi connectivity index (χ0) is 16.2. The molecule has 0 spiro atoms. The molecular weight excluding hydrogens is 286 g/mol. The maximum absolute atomic E-state index is 12.8. The Morgan fingerprint density at radius 1 is 1.26 bits per heavy atom. The van der Waals surface area contributed by atoms with Crippen LogP contribution in [-0.2, 0) is 6.42 Å². The molecule has 0 bridgehead atoms. The lowest BCUT2D eigenvalue weighted by molar-refractivity contribution is 0.0659. The molecule has 0 aliphatic heterocycles. The first-order valence-corrected chi connectivity index (χ1v) is 8.31. The van der Waals surface area contributed by atoms with Gasteiger partial charge in [0.2, 0.25) is 0 Å². The molecule has 2 aromatic rings. The predicted molar refractivity (Wildman–Crippen MR) is 90.1 cm³/mol. The number of amides is 1. The van der Waals surface area contributed by atoms with Crippen LogP contribution >= 0.6 is 0 Å².